The monoisotopic (exact) mass is 270 g/mol. The van der Waals surface area contributed by atoms with Gasteiger partial charge in [-0.15, -0.1) is 0 Å². The van der Waals surface area contributed by atoms with E-state index in [2.05, 4.69) is 19.2 Å². The highest BCUT2D eigenvalue weighted by molar-refractivity contribution is 5.91. The number of amides is 1. The molecule has 19 heavy (non-hydrogen) atoms. The highest BCUT2D eigenvalue weighted by Crippen LogP contribution is 2.43. The molecule has 0 radical (unpaired) electrons. The maximum absolute atomic E-state index is 12.5. The lowest BCUT2D eigenvalue weighted by atomic mass is 10.1. The van der Waals surface area contributed by atoms with Crippen LogP contribution in [0.15, 0.2) is 0 Å². The average Bonchev–Trinajstić information content (AvgIpc) is 3.08. The van der Waals surface area contributed by atoms with E-state index in [1.165, 1.54) is 0 Å². The van der Waals surface area contributed by atoms with E-state index in [-0.39, 0.29) is 23.7 Å². The van der Waals surface area contributed by atoms with E-state index in [1.54, 1.807) is 14.2 Å². The van der Waals surface area contributed by atoms with Gasteiger partial charge in [-0.1, -0.05) is 13.8 Å². The summed E-state index contributed by atoms with van der Waals surface area (Å²) in [4.78, 5) is 14.5. The van der Waals surface area contributed by atoms with E-state index in [4.69, 9.17) is 9.47 Å². The minimum atomic E-state index is -0.245. The quantitative estimate of drug-likeness (QED) is 0.749. The maximum Gasteiger partial charge on any atom is 0.244 e. The second-order valence-electron chi connectivity index (χ2n) is 6.14. The molecule has 1 aliphatic heterocycles. The number of carbonyl (C=O) groups excluding carboxylic acids is 1. The summed E-state index contributed by atoms with van der Waals surface area (Å²) in [5, 5.41) is 3.52. The molecule has 1 aliphatic carbocycles. The molecule has 2 atom stereocenters. The molecule has 110 valence electrons. The lowest BCUT2D eigenvalue weighted by Gasteiger charge is -2.28. The normalized spacial score (nSPS) is 26.5. The summed E-state index contributed by atoms with van der Waals surface area (Å²) in [7, 11) is 3.33. The molecule has 5 nitrogen and oxygen atoms in total. The van der Waals surface area contributed by atoms with Crippen molar-refractivity contribution in [2.45, 2.75) is 50.9 Å². The third-order valence-corrected chi connectivity index (χ3v) is 4.02. The lowest BCUT2D eigenvalue weighted by Crippen LogP contribution is -2.44. The van der Waals surface area contributed by atoms with Crippen LogP contribution in [0.1, 0.15) is 33.1 Å². The van der Waals surface area contributed by atoms with Crippen molar-refractivity contribution in [3.05, 3.63) is 0 Å². The van der Waals surface area contributed by atoms with E-state index in [1.807, 2.05) is 4.90 Å². The summed E-state index contributed by atoms with van der Waals surface area (Å²) in [5.41, 5.74) is -0.245. The molecule has 0 aromatic rings. The van der Waals surface area contributed by atoms with Crippen molar-refractivity contribution in [1.82, 2.24) is 10.2 Å². The minimum absolute atomic E-state index is 0.0562. The van der Waals surface area contributed by atoms with E-state index < -0.39 is 0 Å². The molecular weight excluding hydrogens is 244 g/mol. The van der Waals surface area contributed by atoms with Crippen LogP contribution in [0.2, 0.25) is 0 Å². The fourth-order valence-corrected chi connectivity index (χ4v) is 2.80. The molecule has 0 bridgehead atoms. The maximum atomic E-state index is 12.5. The first-order valence-corrected chi connectivity index (χ1v) is 7.13. The summed E-state index contributed by atoms with van der Waals surface area (Å²) in [5.74, 6) is 0.807. The van der Waals surface area contributed by atoms with Gasteiger partial charge in [0.25, 0.3) is 0 Å². The molecule has 1 spiro atoms. The van der Waals surface area contributed by atoms with Gasteiger partial charge in [-0.05, 0) is 25.2 Å². The number of rotatable bonds is 7. The second kappa shape index (κ2) is 5.77. The van der Waals surface area contributed by atoms with Gasteiger partial charge in [0.2, 0.25) is 5.91 Å². The van der Waals surface area contributed by atoms with Crippen LogP contribution >= 0.6 is 0 Å². The summed E-state index contributed by atoms with van der Waals surface area (Å²) in [6, 6.07) is 0. The number of methoxy groups -OCH3 is 2. The molecule has 2 aliphatic rings. The van der Waals surface area contributed by atoms with Crippen LogP contribution in [0.3, 0.4) is 0 Å². The molecular formula is C14H26N2O3. The zero-order chi connectivity index (χ0) is 14.0. The first-order valence-electron chi connectivity index (χ1n) is 7.13. The zero-order valence-corrected chi connectivity index (χ0v) is 12.4. The van der Waals surface area contributed by atoms with Crippen molar-refractivity contribution in [3.63, 3.8) is 0 Å². The SMILES string of the molecule is COCC(CN1C(=O)C2(CC2)NC1CC(C)C)OC. The van der Waals surface area contributed by atoms with Crippen molar-refractivity contribution in [3.8, 4) is 0 Å². The Hall–Kier alpha value is -0.650. The molecule has 2 unspecified atom stereocenters. The second-order valence-corrected chi connectivity index (χ2v) is 6.14. The van der Waals surface area contributed by atoms with Crippen LogP contribution in [-0.4, -0.2) is 56.0 Å². The Morgan fingerprint density at radius 2 is 2.11 bits per heavy atom. The van der Waals surface area contributed by atoms with Gasteiger partial charge in [0.15, 0.2) is 0 Å². The number of hydrogen-bond donors (Lipinski definition) is 1. The van der Waals surface area contributed by atoms with E-state index in [0.717, 1.165) is 19.3 Å². The fourth-order valence-electron chi connectivity index (χ4n) is 2.80. The predicted octanol–water partition coefficient (Wildman–Crippen LogP) is 0.984. The summed E-state index contributed by atoms with van der Waals surface area (Å²) in [6.07, 6.45) is 3.01. The van der Waals surface area contributed by atoms with Gasteiger partial charge in [-0.3, -0.25) is 10.1 Å². The summed E-state index contributed by atoms with van der Waals surface area (Å²) >= 11 is 0. The van der Waals surface area contributed by atoms with Gasteiger partial charge in [-0.2, -0.15) is 0 Å². The van der Waals surface area contributed by atoms with Crippen LogP contribution in [0.5, 0.6) is 0 Å². The molecule has 1 saturated heterocycles. The minimum Gasteiger partial charge on any atom is -0.382 e. The Kier molecular flexibility index (Phi) is 4.48. The van der Waals surface area contributed by atoms with Crippen molar-refractivity contribution in [2.75, 3.05) is 27.4 Å². The first-order chi connectivity index (χ1) is 9.02. The molecule has 0 aromatic carbocycles. The van der Waals surface area contributed by atoms with Crippen LogP contribution in [-0.2, 0) is 14.3 Å². The Labute approximate surface area is 115 Å². The van der Waals surface area contributed by atoms with Gasteiger partial charge in [-0.25, -0.2) is 0 Å². The van der Waals surface area contributed by atoms with Gasteiger partial charge < -0.3 is 14.4 Å². The molecule has 1 amide bonds. The Morgan fingerprint density at radius 3 is 2.58 bits per heavy atom. The Balaban J connectivity index is 2.03. The van der Waals surface area contributed by atoms with Crippen LogP contribution in [0.4, 0.5) is 0 Å². The molecule has 2 fully saturated rings. The third-order valence-electron chi connectivity index (χ3n) is 4.02. The Bertz CT molecular complexity index is 329. The summed E-state index contributed by atoms with van der Waals surface area (Å²) < 4.78 is 10.5. The van der Waals surface area contributed by atoms with Gasteiger partial charge in [0.05, 0.1) is 31.0 Å². The molecule has 1 N–H and O–H groups in total. The van der Waals surface area contributed by atoms with Crippen LogP contribution in [0.25, 0.3) is 0 Å². The Morgan fingerprint density at radius 1 is 1.42 bits per heavy atom. The number of ether oxygens (including phenoxy) is 2. The van der Waals surface area contributed by atoms with Crippen molar-refractivity contribution >= 4 is 5.91 Å². The molecule has 1 saturated carbocycles. The molecule has 1 heterocycles. The number of hydrogen-bond acceptors (Lipinski definition) is 4. The van der Waals surface area contributed by atoms with Gasteiger partial charge in [0, 0.05) is 14.2 Å². The number of nitrogens with zero attached hydrogens (tertiary/aromatic N) is 1. The standard InChI is InChI=1S/C14H26N2O3/c1-10(2)7-12-15-14(5-6-14)13(17)16(12)8-11(19-4)9-18-3/h10-12,15H,5-9H2,1-4H3. The largest absolute Gasteiger partial charge is 0.382 e. The van der Waals surface area contributed by atoms with E-state index in [0.29, 0.717) is 19.1 Å². The van der Waals surface area contributed by atoms with Crippen molar-refractivity contribution in [1.29, 1.82) is 0 Å². The van der Waals surface area contributed by atoms with E-state index in [9.17, 15) is 4.79 Å². The smallest absolute Gasteiger partial charge is 0.244 e. The third kappa shape index (κ3) is 3.09. The number of carbonyl (C=O) groups is 1. The predicted molar refractivity (Wildman–Crippen MR) is 72.7 cm³/mol. The molecule has 5 heteroatoms. The lowest BCUT2D eigenvalue weighted by molar-refractivity contribution is -0.133. The van der Waals surface area contributed by atoms with Gasteiger partial charge in [0.1, 0.15) is 0 Å². The first kappa shape index (κ1) is 14.8. The van der Waals surface area contributed by atoms with Crippen LogP contribution < -0.4 is 5.32 Å². The van der Waals surface area contributed by atoms with E-state index >= 15 is 0 Å². The van der Waals surface area contributed by atoms with Crippen LogP contribution in [0, 0.1) is 5.92 Å². The topological polar surface area (TPSA) is 50.8 Å². The van der Waals surface area contributed by atoms with Crippen molar-refractivity contribution in [2.24, 2.45) is 5.92 Å². The summed E-state index contributed by atoms with van der Waals surface area (Å²) in [6.45, 7) is 5.49. The zero-order valence-electron chi connectivity index (χ0n) is 12.4. The van der Waals surface area contributed by atoms with Crippen molar-refractivity contribution < 1.29 is 14.3 Å². The highest BCUT2D eigenvalue weighted by Gasteiger charge is 2.59. The number of nitrogens with one attached hydrogen (secondary N) is 1. The molecule has 2 rings (SSSR count). The highest BCUT2D eigenvalue weighted by atomic mass is 16.5. The van der Waals surface area contributed by atoms with Gasteiger partial charge >= 0.3 is 0 Å². The average molecular weight is 270 g/mol. The fraction of sp³-hybridized carbons (Fsp3) is 0.929. The molecule has 0 aromatic heterocycles.